The zero-order valence-corrected chi connectivity index (χ0v) is 18.3. The molecule has 30 heavy (non-hydrogen) atoms. The molecule has 9 heteroatoms. The van der Waals surface area contributed by atoms with Gasteiger partial charge in [-0.05, 0) is 48.9 Å². The summed E-state index contributed by atoms with van der Waals surface area (Å²) in [7, 11) is 1.62. The largest absolute Gasteiger partial charge is 0.496 e. The smallest absolute Gasteiger partial charge is 0.277 e. The molecule has 0 amide bonds. The first-order valence-corrected chi connectivity index (χ1v) is 11.5. The van der Waals surface area contributed by atoms with E-state index in [2.05, 4.69) is 33.3 Å². The summed E-state index contributed by atoms with van der Waals surface area (Å²) in [6, 6.07) is 9.77. The minimum Gasteiger partial charge on any atom is -0.496 e. The van der Waals surface area contributed by atoms with Crippen LogP contribution in [0.4, 0.5) is 0 Å². The van der Waals surface area contributed by atoms with Crippen molar-refractivity contribution in [3.05, 3.63) is 46.7 Å². The van der Waals surface area contributed by atoms with Crippen molar-refractivity contribution in [2.75, 3.05) is 7.11 Å². The molecule has 154 valence electrons. The van der Waals surface area contributed by atoms with Crippen LogP contribution in [-0.4, -0.2) is 27.4 Å². The van der Waals surface area contributed by atoms with Gasteiger partial charge in [0.1, 0.15) is 5.75 Å². The number of aromatic nitrogens is 4. The Hall–Kier alpha value is -2.65. The number of thioether (sulfide) groups is 1. The van der Waals surface area contributed by atoms with E-state index >= 15 is 0 Å². The van der Waals surface area contributed by atoms with Gasteiger partial charge in [-0.1, -0.05) is 36.0 Å². The first-order valence-electron chi connectivity index (χ1n) is 9.74. The number of benzene rings is 1. The maximum absolute atomic E-state index is 5.87. The van der Waals surface area contributed by atoms with Crippen LogP contribution in [0.25, 0.3) is 22.2 Å². The number of para-hydroxylation sites is 1. The fourth-order valence-corrected chi connectivity index (χ4v) is 5.28. The molecule has 0 aliphatic heterocycles. The highest BCUT2D eigenvalue weighted by Gasteiger charge is 2.21. The molecule has 1 atom stereocenters. The molecule has 0 saturated carbocycles. The lowest BCUT2D eigenvalue weighted by Crippen LogP contribution is -2.07. The highest BCUT2D eigenvalue weighted by Crippen LogP contribution is 2.37. The van der Waals surface area contributed by atoms with Crippen LogP contribution in [0.5, 0.6) is 5.75 Å². The monoisotopic (exact) mass is 440 g/mol. The predicted octanol–water partition coefficient (Wildman–Crippen LogP) is 5.27. The van der Waals surface area contributed by atoms with Crippen LogP contribution < -0.4 is 4.74 Å². The van der Waals surface area contributed by atoms with Crippen LogP contribution >= 0.6 is 23.1 Å². The van der Waals surface area contributed by atoms with E-state index < -0.39 is 0 Å². The molecule has 4 aromatic rings. The van der Waals surface area contributed by atoms with E-state index in [0.717, 1.165) is 29.2 Å². The van der Waals surface area contributed by atoms with Gasteiger partial charge in [-0.15, -0.1) is 21.5 Å². The molecular weight excluding hydrogens is 420 g/mol. The van der Waals surface area contributed by atoms with E-state index in [4.69, 9.17) is 13.7 Å². The fourth-order valence-electron chi connectivity index (χ4n) is 3.55. The average Bonchev–Trinajstić information content (AvgIpc) is 3.50. The number of thiophene rings is 1. The maximum Gasteiger partial charge on any atom is 0.277 e. The predicted molar refractivity (Wildman–Crippen MR) is 115 cm³/mol. The fraction of sp³-hybridized carbons (Fsp3) is 0.333. The first kappa shape index (κ1) is 19.3. The number of fused-ring (bicyclic) bond motifs is 1. The van der Waals surface area contributed by atoms with Crippen LogP contribution in [0, 0.1) is 5.92 Å². The van der Waals surface area contributed by atoms with E-state index in [1.807, 2.05) is 24.3 Å². The zero-order valence-electron chi connectivity index (χ0n) is 16.6. The van der Waals surface area contributed by atoms with Gasteiger partial charge in [0, 0.05) is 4.88 Å². The highest BCUT2D eigenvalue weighted by molar-refractivity contribution is 7.98. The number of rotatable bonds is 6. The second-order valence-electron chi connectivity index (χ2n) is 7.28. The van der Waals surface area contributed by atoms with Crippen molar-refractivity contribution in [3.63, 3.8) is 0 Å². The number of hydrogen-bond donors (Lipinski definition) is 0. The van der Waals surface area contributed by atoms with E-state index in [1.54, 1.807) is 18.4 Å². The average molecular weight is 441 g/mol. The van der Waals surface area contributed by atoms with Gasteiger partial charge in [0.25, 0.3) is 11.1 Å². The molecule has 1 aliphatic rings. The van der Waals surface area contributed by atoms with Crippen molar-refractivity contribution in [1.82, 2.24) is 20.3 Å². The first-order chi connectivity index (χ1) is 14.7. The summed E-state index contributed by atoms with van der Waals surface area (Å²) in [6.07, 6.45) is 3.52. The number of ether oxygens (including phenoxy) is 1. The third-order valence-electron chi connectivity index (χ3n) is 5.08. The molecule has 0 fully saturated rings. The number of methoxy groups -OCH3 is 1. The van der Waals surface area contributed by atoms with Crippen molar-refractivity contribution in [2.45, 2.75) is 37.2 Å². The van der Waals surface area contributed by atoms with Crippen molar-refractivity contribution in [3.8, 4) is 27.9 Å². The molecule has 0 radical (unpaired) electrons. The lowest BCUT2D eigenvalue weighted by molar-refractivity contribution is 0.389. The van der Waals surface area contributed by atoms with E-state index in [0.29, 0.717) is 34.3 Å². The molecule has 0 spiro atoms. The number of aryl methyl sites for hydroxylation is 1. The SMILES string of the molecule is COc1ccccc1-c1noc(CSc2nnc(-c3cc4c(s3)CC[C@H](C)C4)o2)n1. The van der Waals surface area contributed by atoms with E-state index in [9.17, 15) is 0 Å². The van der Waals surface area contributed by atoms with Gasteiger partial charge in [-0.25, -0.2) is 0 Å². The van der Waals surface area contributed by atoms with E-state index in [-0.39, 0.29) is 0 Å². The molecule has 5 rings (SSSR count). The van der Waals surface area contributed by atoms with Crippen molar-refractivity contribution < 1.29 is 13.7 Å². The molecule has 7 nitrogen and oxygen atoms in total. The van der Waals surface area contributed by atoms with Crippen molar-refractivity contribution >= 4 is 23.1 Å². The van der Waals surface area contributed by atoms with Gasteiger partial charge in [0.15, 0.2) is 0 Å². The van der Waals surface area contributed by atoms with Crippen molar-refractivity contribution in [2.24, 2.45) is 5.92 Å². The number of hydrogen-bond acceptors (Lipinski definition) is 9. The molecular formula is C21H20N4O3S2. The van der Waals surface area contributed by atoms with Gasteiger partial charge < -0.3 is 13.7 Å². The third kappa shape index (κ3) is 3.87. The minimum atomic E-state index is 0.447. The van der Waals surface area contributed by atoms with Gasteiger partial charge in [-0.3, -0.25) is 0 Å². The molecule has 3 heterocycles. The van der Waals surface area contributed by atoms with Crippen LogP contribution in [-0.2, 0) is 18.6 Å². The zero-order chi connectivity index (χ0) is 20.5. The highest BCUT2D eigenvalue weighted by atomic mass is 32.2. The third-order valence-corrected chi connectivity index (χ3v) is 7.11. The summed E-state index contributed by atoms with van der Waals surface area (Å²) in [4.78, 5) is 6.95. The molecule has 0 unspecified atom stereocenters. The lowest BCUT2D eigenvalue weighted by atomic mass is 9.90. The van der Waals surface area contributed by atoms with Crippen LogP contribution in [0.2, 0.25) is 0 Å². The second-order valence-corrected chi connectivity index (χ2v) is 9.34. The second kappa shape index (κ2) is 8.23. The molecule has 0 bridgehead atoms. The summed E-state index contributed by atoms with van der Waals surface area (Å²) in [5.41, 5.74) is 2.21. The summed E-state index contributed by atoms with van der Waals surface area (Å²) >= 11 is 3.14. The van der Waals surface area contributed by atoms with E-state index in [1.165, 1.54) is 28.6 Å². The Morgan fingerprint density at radius 1 is 1.27 bits per heavy atom. The van der Waals surface area contributed by atoms with Gasteiger partial charge in [0.05, 0.1) is 23.3 Å². The summed E-state index contributed by atoms with van der Waals surface area (Å²) < 4.78 is 16.6. The van der Waals surface area contributed by atoms with Crippen molar-refractivity contribution in [1.29, 1.82) is 0 Å². The molecule has 0 saturated heterocycles. The summed E-state index contributed by atoms with van der Waals surface area (Å²) in [5.74, 6) is 3.44. The Bertz CT molecular complexity index is 1170. The quantitative estimate of drug-likeness (QED) is 0.375. The Labute approximate surface area is 181 Å². The minimum absolute atomic E-state index is 0.447. The Morgan fingerprint density at radius 3 is 3.07 bits per heavy atom. The van der Waals surface area contributed by atoms with Crippen LogP contribution in [0.15, 0.2) is 44.5 Å². The van der Waals surface area contributed by atoms with Crippen LogP contribution in [0.3, 0.4) is 0 Å². The van der Waals surface area contributed by atoms with Gasteiger partial charge >= 0.3 is 0 Å². The lowest BCUT2D eigenvalue weighted by Gasteiger charge is -2.16. The topological polar surface area (TPSA) is 87.1 Å². The molecule has 3 aromatic heterocycles. The number of nitrogens with zero attached hydrogens (tertiary/aromatic N) is 4. The van der Waals surface area contributed by atoms with Gasteiger partial charge in [-0.2, -0.15) is 4.98 Å². The summed E-state index contributed by atoms with van der Waals surface area (Å²) in [6.45, 7) is 2.30. The normalized spacial score (nSPS) is 15.9. The van der Waals surface area contributed by atoms with Crippen LogP contribution in [0.1, 0.15) is 29.7 Å². The summed E-state index contributed by atoms with van der Waals surface area (Å²) in [5, 5.41) is 12.9. The molecule has 1 aromatic carbocycles. The van der Waals surface area contributed by atoms with Gasteiger partial charge in [0.2, 0.25) is 11.7 Å². The maximum atomic E-state index is 5.87. The molecule has 1 aliphatic carbocycles. The Morgan fingerprint density at radius 2 is 2.17 bits per heavy atom. The standard InChI is InChI=1S/C21H20N4O3S2/c1-12-7-8-16-13(9-12)10-17(30-16)20-23-24-21(27-20)29-11-18-22-19(25-28-18)14-5-3-4-6-15(14)26-2/h3-6,10,12H,7-9,11H2,1-2H3/t12-/m0/s1. The Balaban J connectivity index is 1.26. The molecule has 0 N–H and O–H groups in total. The Kier molecular flexibility index (Phi) is 5.30.